The van der Waals surface area contributed by atoms with E-state index in [2.05, 4.69) is 9.98 Å². The molecule has 112 valence electrons. The zero-order chi connectivity index (χ0) is 15.6. The molecule has 0 aliphatic rings. The molecule has 0 aliphatic heterocycles. The van der Waals surface area contributed by atoms with Crippen molar-refractivity contribution in [3.63, 3.8) is 0 Å². The highest BCUT2D eigenvalue weighted by Gasteiger charge is 2.07. The monoisotopic (exact) mass is 320 g/mol. The number of fused-ring (bicyclic) bond motifs is 1. The summed E-state index contributed by atoms with van der Waals surface area (Å²) >= 11 is 6.19. The SMILES string of the molecule is Clc1ccccc1-c1ccc(C=Nc2ccc3cc[nH]c3c2)o1. The molecule has 4 aromatic rings. The lowest BCUT2D eigenvalue weighted by molar-refractivity contribution is 0.575. The first-order chi connectivity index (χ1) is 11.3. The second-order valence-corrected chi connectivity index (χ2v) is 5.60. The number of rotatable bonds is 3. The van der Waals surface area contributed by atoms with Crippen LogP contribution in [0.3, 0.4) is 0 Å². The molecule has 4 rings (SSSR count). The lowest BCUT2D eigenvalue weighted by Gasteiger charge is -1.99. The molecule has 0 radical (unpaired) electrons. The van der Waals surface area contributed by atoms with Gasteiger partial charge in [0.2, 0.25) is 0 Å². The molecule has 2 heterocycles. The van der Waals surface area contributed by atoms with E-state index >= 15 is 0 Å². The van der Waals surface area contributed by atoms with E-state index in [9.17, 15) is 0 Å². The Morgan fingerprint density at radius 3 is 2.83 bits per heavy atom. The highest BCUT2D eigenvalue weighted by atomic mass is 35.5. The largest absolute Gasteiger partial charge is 0.455 e. The van der Waals surface area contributed by atoms with Crippen LogP contribution in [0.4, 0.5) is 5.69 Å². The number of aromatic amines is 1. The average Bonchev–Trinajstić information content (AvgIpc) is 3.22. The number of aromatic nitrogens is 1. The number of halogens is 1. The molecule has 0 saturated heterocycles. The number of H-pyrrole nitrogens is 1. The summed E-state index contributed by atoms with van der Waals surface area (Å²) in [4.78, 5) is 7.64. The van der Waals surface area contributed by atoms with E-state index in [0.717, 1.165) is 22.5 Å². The Morgan fingerprint density at radius 1 is 1.00 bits per heavy atom. The summed E-state index contributed by atoms with van der Waals surface area (Å²) in [5.74, 6) is 1.42. The number of nitrogens with zero attached hydrogens (tertiary/aromatic N) is 1. The second kappa shape index (κ2) is 5.78. The minimum atomic E-state index is 0.669. The Kier molecular flexibility index (Phi) is 3.48. The normalized spacial score (nSPS) is 11.5. The van der Waals surface area contributed by atoms with Crippen LogP contribution in [0.1, 0.15) is 5.76 Å². The van der Waals surface area contributed by atoms with E-state index < -0.39 is 0 Å². The number of hydrogen-bond acceptors (Lipinski definition) is 2. The van der Waals surface area contributed by atoms with Crippen molar-refractivity contribution in [2.24, 2.45) is 4.99 Å². The van der Waals surface area contributed by atoms with Gasteiger partial charge in [-0.2, -0.15) is 0 Å². The number of nitrogens with one attached hydrogen (secondary N) is 1. The number of hydrogen-bond donors (Lipinski definition) is 1. The van der Waals surface area contributed by atoms with Gasteiger partial charge in [0, 0.05) is 17.3 Å². The first-order valence-electron chi connectivity index (χ1n) is 7.25. The standard InChI is InChI=1S/C19H13ClN2O/c20-17-4-2-1-3-16(17)19-8-7-15(23-19)12-22-14-6-5-13-9-10-21-18(13)11-14/h1-12,21H. The second-order valence-electron chi connectivity index (χ2n) is 5.19. The Bertz CT molecular complexity index is 997. The lowest BCUT2D eigenvalue weighted by atomic mass is 10.2. The van der Waals surface area contributed by atoms with Gasteiger partial charge in [-0.3, -0.25) is 4.99 Å². The summed E-state index contributed by atoms with van der Waals surface area (Å²) < 4.78 is 5.80. The van der Waals surface area contributed by atoms with E-state index in [4.69, 9.17) is 16.0 Å². The van der Waals surface area contributed by atoms with Crippen LogP contribution in [-0.4, -0.2) is 11.2 Å². The maximum Gasteiger partial charge on any atom is 0.145 e. The fourth-order valence-electron chi connectivity index (χ4n) is 2.48. The third-order valence-electron chi connectivity index (χ3n) is 3.65. The van der Waals surface area contributed by atoms with Crippen LogP contribution in [0.15, 0.2) is 76.3 Å². The quantitative estimate of drug-likeness (QED) is 0.474. The van der Waals surface area contributed by atoms with Crippen LogP contribution in [0.2, 0.25) is 5.02 Å². The van der Waals surface area contributed by atoms with Crippen LogP contribution in [0, 0.1) is 0 Å². The van der Waals surface area contributed by atoms with Crippen molar-refractivity contribution in [3.05, 3.63) is 77.6 Å². The molecule has 0 bridgehead atoms. The van der Waals surface area contributed by atoms with Crippen LogP contribution in [-0.2, 0) is 0 Å². The Morgan fingerprint density at radius 2 is 1.91 bits per heavy atom. The third-order valence-corrected chi connectivity index (χ3v) is 3.98. The van der Waals surface area contributed by atoms with Crippen LogP contribution in [0.5, 0.6) is 0 Å². The van der Waals surface area contributed by atoms with E-state index in [1.165, 1.54) is 5.39 Å². The van der Waals surface area contributed by atoms with Crippen LogP contribution >= 0.6 is 11.6 Å². The summed E-state index contributed by atoms with van der Waals surface area (Å²) in [5.41, 5.74) is 2.81. The fraction of sp³-hybridized carbons (Fsp3) is 0. The van der Waals surface area contributed by atoms with Gasteiger partial charge in [-0.25, -0.2) is 0 Å². The van der Waals surface area contributed by atoms with E-state index in [1.54, 1.807) is 6.21 Å². The molecule has 4 heteroatoms. The van der Waals surface area contributed by atoms with Crippen molar-refractivity contribution >= 4 is 34.4 Å². The minimum absolute atomic E-state index is 0.669. The highest BCUT2D eigenvalue weighted by molar-refractivity contribution is 6.33. The summed E-state index contributed by atoms with van der Waals surface area (Å²) in [6.07, 6.45) is 3.63. The van der Waals surface area contributed by atoms with Gasteiger partial charge in [0.05, 0.1) is 16.9 Å². The zero-order valence-electron chi connectivity index (χ0n) is 12.2. The molecule has 2 aromatic heterocycles. The first kappa shape index (κ1) is 13.9. The van der Waals surface area contributed by atoms with Gasteiger partial charge in [-0.05, 0) is 47.9 Å². The van der Waals surface area contributed by atoms with E-state index in [1.807, 2.05) is 66.9 Å². The number of benzene rings is 2. The Labute approximate surface area is 138 Å². The molecular weight excluding hydrogens is 308 g/mol. The molecule has 0 spiro atoms. The molecule has 0 aliphatic carbocycles. The topological polar surface area (TPSA) is 41.3 Å². The molecule has 23 heavy (non-hydrogen) atoms. The summed E-state index contributed by atoms with van der Waals surface area (Å²) in [7, 11) is 0. The molecule has 0 saturated carbocycles. The van der Waals surface area contributed by atoms with Crippen molar-refractivity contribution in [2.75, 3.05) is 0 Å². The molecular formula is C19H13ClN2O. The fourth-order valence-corrected chi connectivity index (χ4v) is 2.71. The van der Waals surface area contributed by atoms with Gasteiger partial charge in [0.15, 0.2) is 0 Å². The van der Waals surface area contributed by atoms with Crippen LogP contribution < -0.4 is 0 Å². The predicted molar refractivity (Wildman–Crippen MR) is 94.7 cm³/mol. The van der Waals surface area contributed by atoms with Gasteiger partial charge >= 0.3 is 0 Å². The van der Waals surface area contributed by atoms with Gasteiger partial charge < -0.3 is 9.40 Å². The molecule has 0 atom stereocenters. The molecule has 0 unspecified atom stereocenters. The van der Waals surface area contributed by atoms with Crippen molar-refractivity contribution < 1.29 is 4.42 Å². The zero-order valence-corrected chi connectivity index (χ0v) is 12.9. The van der Waals surface area contributed by atoms with E-state index in [0.29, 0.717) is 10.8 Å². The van der Waals surface area contributed by atoms with Gasteiger partial charge in [-0.1, -0.05) is 29.8 Å². The molecule has 1 N–H and O–H groups in total. The first-order valence-corrected chi connectivity index (χ1v) is 7.63. The molecule has 2 aromatic carbocycles. The van der Waals surface area contributed by atoms with Gasteiger partial charge in [-0.15, -0.1) is 0 Å². The maximum absolute atomic E-state index is 6.19. The van der Waals surface area contributed by atoms with Crippen LogP contribution in [0.25, 0.3) is 22.2 Å². The Hall–Kier alpha value is -2.78. The van der Waals surface area contributed by atoms with Crippen molar-refractivity contribution in [1.82, 2.24) is 4.98 Å². The smallest absolute Gasteiger partial charge is 0.145 e. The van der Waals surface area contributed by atoms with Gasteiger partial charge in [0.1, 0.15) is 11.5 Å². The summed E-state index contributed by atoms with van der Waals surface area (Å²) in [6.45, 7) is 0. The van der Waals surface area contributed by atoms with E-state index in [-0.39, 0.29) is 0 Å². The predicted octanol–water partition coefficient (Wildman–Crippen LogP) is 5.83. The van der Waals surface area contributed by atoms with Crippen molar-refractivity contribution in [1.29, 1.82) is 0 Å². The molecule has 0 amide bonds. The van der Waals surface area contributed by atoms with Gasteiger partial charge in [0.25, 0.3) is 0 Å². The minimum Gasteiger partial charge on any atom is -0.455 e. The van der Waals surface area contributed by atoms with Crippen molar-refractivity contribution in [2.45, 2.75) is 0 Å². The lowest BCUT2D eigenvalue weighted by Crippen LogP contribution is -1.76. The average molecular weight is 321 g/mol. The third kappa shape index (κ3) is 2.79. The molecule has 3 nitrogen and oxygen atoms in total. The Balaban J connectivity index is 1.60. The number of aliphatic imine (C=N–C) groups is 1. The van der Waals surface area contributed by atoms with Crippen molar-refractivity contribution in [3.8, 4) is 11.3 Å². The highest BCUT2D eigenvalue weighted by Crippen LogP contribution is 2.29. The summed E-state index contributed by atoms with van der Waals surface area (Å²) in [6, 6.07) is 19.4. The molecule has 0 fully saturated rings. The maximum atomic E-state index is 6.19. The number of furan rings is 1. The summed E-state index contributed by atoms with van der Waals surface area (Å²) in [5, 5.41) is 1.84.